The number of nitrogen functional groups attached to an aromatic ring is 1. The molecule has 84 valence electrons. The predicted octanol–water partition coefficient (Wildman–Crippen LogP) is 2.80. The summed E-state index contributed by atoms with van der Waals surface area (Å²) < 4.78 is 0.816. The Morgan fingerprint density at radius 1 is 1.56 bits per heavy atom. The molecule has 0 aliphatic heterocycles. The molecule has 6 heteroatoms. The van der Waals surface area contributed by atoms with E-state index in [9.17, 15) is 0 Å². The number of rotatable bonds is 3. The van der Waals surface area contributed by atoms with E-state index in [-0.39, 0.29) is 5.95 Å². The smallest absolute Gasteiger partial charge is 0.221 e. The summed E-state index contributed by atoms with van der Waals surface area (Å²) in [6.45, 7) is 2.84. The fourth-order valence-electron chi connectivity index (χ4n) is 1.25. The van der Waals surface area contributed by atoms with Crippen molar-refractivity contribution in [2.75, 3.05) is 11.1 Å². The van der Waals surface area contributed by atoms with Gasteiger partial charge in [-0.15, -0.1) is 11.3 Å². The highest BCUT2D eigenvalue weighted by Gasteiger charge is 2.04. The molecule has 16 heavy (non-hydrogen) atoms. The highest BCUT2D eigenvalue weighted by atomic mass is 79.9. The molecule has 2 aromatic heterocycles. The molecule has 0 atom stereocenters. The van der Waals surface area contributed by atoms with Gasteiger partial charge < -0.3 is 11.1 Å². The lowest BCUT2D eigenvalue weighted by molar-refractivity contribution is 1.09. The summed E-state index contributed by atoms with van der Waals surface area (Å²) in [4.78, 5) is 9.29. The molecule has 0 saturated heterocycles. The SMILES string of the molecule is Cc1ccsc1CNc1nc(N)ncc1Br. The molecule has 0 saturated carbocycles. The minimum atomic E-state index is 0.272. The number of thiophene rings is 1. The fourth-order valence-corrected chi connectivity index (χ4v) is 2.43. The topological polar surface area (TPSA) is 63.8 Å². The summed E-state index contributed by atoms with van der Waals surface area (Å²) in [5.41, 5.74) is 6.81. The van der Waals surface area contributed by atoms with Gasteiger partial charge >= 0.3 is 0 Å². The van der Waals surface area contributed by atoms with E-state index in [0.29, 0.717) is 0 Å². The summed E-state index contributed by atoms with van der Waals surface area (Å²) in [5, 5.41) is 5.31. The molecule has 0 unspecified atom stereocenters. The van der Waals surface area contributed by atoms with Gasteiger partial charge in [0.25, 0.3) is 0 Å². The Morgan fingerprint density at radius 3 is 3.06 bits per heavy atom. The number of nitrogens with one attached hydrogen (secondary N) is 1. The second-order valence-electron chi connectivity index (χ2n) is 3.31. The number of halogens is 1. The van der Waals surface area contributed by atoms with Gasteiger partial charge in [-0.1, -0.05) is 0 Å². The number of aryl methyl sites for hydroxylation is 1. The molecular weight excluding hydrogens is 288 g/mol. The van der Waals surface area contributed by atoms with Gasteiger partial charge in [0, 0.05) is 11.1 Å². The number of aromatic nitrogens is 2. The van der Waals surface area contributed by atoms with Crippen LogP contribution in [0.1, 0.15) is 10.4 Å². The van der Waals surface area contributed by atoms with Gasteiger partial charge in [-0.25, -0.2) is 4.98 Å². The van der Waals surface area contributed by atoms with Crippen LogP contribution in [0.5, 0.6) is 0 Å². The van der Waals surface area contributed by atoms with Crippen LogP contribution in [-0.2, 0) is 6.54 Å². The maximum Gasteiger partial charge on any atom is 0.221 e. The lowest BCUT2D eigenvalue weighted by Gasteiger charge is -2.07. The third-order valence-corrected chi connectivity index (χ3v) is 3.75. The van der Waals surface area contributed by atoms with Crippen LogP contribution in [0.2, 0.25) is 0 Å². The number of hydrogen-bond donors (Lipinski definition) is 2. The molecule has 2 heterocycles. The first-order valence-corrected chi connectivity index (χ1v) is 6.39. The van der Waals surface area contributed by atoms with E-state index in [1.165, 1.54) is 10.4 Å². The van der Waals surface area contributed by atoms with Crippen molar-refractivity contribution in [3.63, 3.8) is 0 Å². The van der Waals surface area contributed by atoms with Crippen molar-refractivity contribution in [3.05, 3.63) is 32.6 Å². The molecule has 0 aliphatic rings. The van der Waals surface area contributed by atoms with Crippen LogP contribution in [-0.4, -0.2) is 9.97 Å². The van der Waals surface area contributed by atoms with Gasteiger partial charge in [0.15, 0.2) is 0 Å². The van der Waals surface area contributed by atoms with Crippen molar-refractivity contribution in [1.82, 2.24) is 9.97 Å². The molecular formula is C10H11BrN4S. The second kappa shape index (κ2) is 4.80. The third-order valence-electron chi connectivity index (χ3n) is 2.15. The Hall–Kier alpha value is -1.14. The molecule has 0 fully saturated rings. The molecule has 0 spiro atoms. The van der Waals surface area contributed by atoms with Crippen LogP contribution in [0, 0.1) is 6.92 Å². The average molecular weight is 299 g/mol. The summed E-state index contributed by atoms with van der Waals surface area (Å²) in [6.07, 6.45) is 1.64. The largest absolute Gasteiger partial charge is 0.368 e. The van der Waals surface area contributed by atoms with Crippen LogP contribution in [0.3, 0.4) is 0 Å². The van der Waals surface area contributed by atoms with Gasteiger partial charge in [0.1, 0.15) is 5.82 Å². The van der Waals surface area contributed by atoms with Gasteiger partial charge in [0.05, 0.1) is 11.0 Å². The van der Waals surface area contributed by atoms with Gasteiger partial charge in [-0.2, -0.15) is 4.98 Å². The van der Waals surface area contributed by atoms with Crippen LogP contribution >= 0.6 is 27.3 Å². The van der Waals surface area contributed by atoms with E-state index < -0.39 is 0 Å². The Labute approximate surface area is 106 Å². The van der Waals surface area contributed by atoms with Crippen molar-refractivity contribution in [2.24, 2.45) is 0 Å². The first kappa shape index (κ1) is 11.3. The number of anilines is 2. The van der Waals surface area contributed by atoms with Crippen LogP contribution in [0.25, 0.3) is 0 Å². The normalized spacial score (nSPS) is 10.4. The molecule has 4 nitrogen and oxygen atoms in total. The van der Waals surface area contributed by atoms with Crippen molar-refractivity contribution in [2.45, 2.75) is 13.5 Å². The lowest BCUT2D eigenvalue weighted by atomic mass is 10.3. The van der Waals surface area contributed by atoms with E-state index >= 15 is 0 Å². The molecule has 2 rings (SSSR count). The Morgan fingerprint density at radius 2 is 2.38 bits per heavy atom. The molecule has 0 radical (unpaired) electrons. The zero-order chi connectivity index (χ0) is 11.5. The molecule has 0 aromatic carbocycles. The van der Waals surface area contributed by atoms with E-state index in [2.05, 4.69) is 49.6 Å². The van der Waals surface area contributed by atoms with Crippen molar-refractivity contribution in [1.29, 1.82) is 0 Å². The van der Waals surface area contributed by atoms with E-state index in [0.717, 1.165) is 16.8 Å². The highest BCUT2D eigenvalue weighted by molar-refractivity contribution is 9.10. The standard InChI is InChI=1S/C10H11BrN4S/c1-6-2-3-16-8(6)5-13-9-7(11)4-14-10(12)15-9/h2-4H,5H2,1H3,(H3,12,13,14,15). The summed E-state index contributed by atoms with van der Waals surface area (Å²) in [5.74, 6) is 0.994. The third kappa shape index (κ3) is 2.51. The first-order chi connectivity index (χ1) is 7.66. The van der Waals surface area contributed by atoms with Crippen LogP contribution in [0.15, 0.2) is 22.1 Å². The van der Waals surface area contributed by atoms with E-state index in [1.807, 2.05) is 0 Å². The predicted molar refractivity (Wildman–Crippen MR) is 70.5 cm³/mol. The summed E-state index contributed by atoms with van der Waals surface area (Å²) >= 11 is 5.10. The maximum absolute atomic E-state index is 5.53. The Balaban J connectivity index is 2.10. The van der Waals surface area contributed by atoms with E-state index in [4.69, 9.17) is 5.73 Å². The molecule has 2 aromatic rings. The number of nitrogens with two attached hydrogens (primary N) is 1. The van der Waals surface area contributed by atoms with Gasteiger partial charge in [0.2, 0.25) is 5.95 Å². The molecule has 0 bridgehead atoms. The van der Waals surface area contributed by atoms with Crippen molar-refractivity contribution >= 4 is 39.0 Å². The van der Waals surface area contributed by atoms with E-state index in [1.54, 1.807) is 17.5 Å². The summed E-state index contributed by atoms with van der Waals surface area (Å²) in [6, 6.07) is 2.10. The highest BCUT2D eigenvalue weighted by Crippen LogP contribution is 2.22. The Kier molecular flexibility index (Phi) is 3.40. The number of hydrogen-bond acceptors (Lipinski definition) is 5. The molecule has 3 N–H and O–H groups in total. The molecule has 0 aliphatic carbocycles. The zero-order valence-electron chi connectivity index (χ0n) is 8.70. The quantitative estimate of drug-likeness (QED) is 0.914. The van der Waals surface area contributed by atoms with Crippen molar-refractivity contribution < 1.29 is 0 Å². The minimum absolute atomic E-state index is 0.272. The Bertz CT molecular complexity index is 497. The fraction of sp³-hybridized carbons (Fsp3) is 0.200. The second-order valence-corrected chi connectivity index (χ2v) is 5.16. The lowest BCUT2D eigenvalue weighted by Crippen LogP contribution is -2.04. The maximum atomic E-state index is 5.53. The van der Waals surface area contributed by atoms with Crippen LogP contribution in [0.4, 0.5) is 11.8 Å². The van der Waals surface area contributed by atoms with Gasteiger partial charge in [-0.05, 0) is 39.9 Å². The summed E-state index contributed by atoms with van der Waals surface area (Å²) in [7, 11) is 0. The monoisotopic (exact) mass is 298 g/mol. The van der Waals surface area contributed by atoms with Crippen molar-refractivity contribution in [3.8, 4) is 0 Å². The number of nitrogens with zero attached hydrogens (tertiary/aromatic N) is 2. The molecule has 0 amide bonds. The zero-order valence-corrected chi connectivity index (χ0v) is 11.1. The minimum Gasteiger partial charge on any atom is -0.368 e. The van der Waals surface area contributed by atoms with Gasteiger partial charge in [-0.3, -0.25) is 0 Å². The van der Waals surface area contributed by atoms with Crippen LogP contribution < -0.4 is 11.1 Å². The average Bonchev–Trinajstić information content (AvgIpc) is 2.66. The first-order valence-electron chi connectivity index (χ1n) is 4.71.